The number of benzene rings is 2. The Morgan fingerprint density at radius 1 is 1.09 bits per heavy atom. The summed E-state index contributed by atoms with van der Waals surface area (Å²) in [5.74, 6) is 0.762. The highest BCUT2D eigenvalue weighted by Gasteiger charge is 2.51. The van der Waals surface area contributed by atoms with Crippen LogP contribution in [0.5, 0.6) is 17.2 Å². The topological polar surface area (TPSA) is 89.9 Å². The number of rotatable bonds is 8. The molecule has 0 heterocycles. The van der Waals surface area contributed by atoms with Crippen LogP contribution in [0.3, 0.4) is 0 Å². The van der Waals surface area contributed by atoms with Gasteiger partial charge in [-0.3, -0.25) is 14.4 Å². The van der Waals surface area contributed by atoms with E-state index in [4.69, 9.17) is 9.47 Å². The first-order valence-electron chi connectivity index (χ1n) is 10.4. The monoisotopic (exact) mass is 476 g/mol. The molecule has 0 aliphatic heterocycles. The molecule has 1 aliphatic carbocycles. The van der Waals surface area contributed by atoms with E-state index in [9.17, 15) is 19.5 Å². The lowest BCUT2D eigenvalue weighted by Gasteiger charge is -2.25. The van der Waals surface area contributed by atoms with Crippen molar-refractivity contribution in [2.75, 3.05) is 14.2 Å². The van der Waals surface area contributed by atoms with Gasteiger partial charge < -0.3 is 14.6 Å². The number of hydrogen-bond donors (Lipinski definition) is 1. The van der Waals surface area contributed by atoms with Gasteiger partial charge in [0.15, 0.2) is 23.1 Å². The molecule has 0 saturated heterocycles. The molecule has 0 aromatic heterocycles. The molecule has 2 aromatic rings. The van der Waals surface area contributed by atoms with E-state index in [2.05, 4.69) is 24.3 Å². The predicted octanol–water partition coefficient (Wildman–Crippen LogP) is 4.77. The Kier molecular flexibility index (Phi) is 7.64. The number of carbonyl (C=O) groups excluding carboxylic acids is 3. The third-order valence-electron chi connectivity index (χ3n) is 5.81. The molecule has 6 nitrogen and oxygen atoms in total. The molecule has 174 valence electrons. The highest BCUT2D eigenvalue weighted by atomic mass is 32.2. The van der Waals surface area contributed by atoms with Crippen LogP contribution in [0.1, 0.15) is 29.6 Å². The lowest BCUT2D eigenvalue weighted by molar-refractivity contribution is -0.134. The number of thioether (sulfide) groups is 1. The fraction of sp³-hybridized carbons (Fsp3) is 0.222. The summed E-state index contributed by atoms with van der Waals surface area (Å²) >= 11 is 1.17. The van der Waals surface area contributed by atoms with Gasteiger partial charge in [-0.1, -0.05) is 36.9 Å². The van der Waals surface area contributed by atoms with Gasteiger partial charge >= 0.3 is 0 Å². The van der Waals surface area contributed by atoms with Crippen molar-refractivity contribution in [3.05, 3.63) is 72.3 Å². The molecular weight excluding hydrogens is 452 g/mol. The van der Waals surface area contributed by atoms with Gasteiger partial charge in [0.1, 0.15) is 11.2 Å². The minimum Gasteiger partial charge on any atom is -0.507 e. The van der Waals surface area contributed by atoms with Crippen molar-refractivity contribution in [3.8, 4) is 28.4 Å². The molecular formula is C27H24O6S. The molecule has 0 radical (unpaired) electrons. The Balaban J connectivity index is 1.88. The first-order valence-corrected chi connectivity index (χ1v) is 11.2. The van der Waals surface area contributed by atoms with Gasteiger partial charge in [0.2, 0.25) is 5.78 Å². The van der Waals surface area contributed by atoms with Crippen molar-refractivity contribution in [1.29, 1.82) is 0 Å². The molecule has 1 fully saturated rings. The van der Waals surface area contributed by atoms with Gasteiger partial charge in [0, 0.05) is 11.0 Å². The van der Waals surface area contributed by atoms with Crippen LogP contribution < -0.4 is 9.47 Å². The zero-order valence-corrected chi connectivity index (χ0v) is 19.8. The minimum absolute atomic E-state index is 0.109. The molecule has 7 heteroatoms. The molecule has 0 unspecified atom stereocenters. The van der Waals surface area contributed by atoms with E-state index in [0.717, 1.165) is 4.90 Å². The average Bonchev–Trinajstić information content (AvgIpc) is 3.14. The maximum atomic E-state index is 13.4. The van der Waals surface area contributed by atoms with Crippen LogP contribution in [0.4, 0.5) is 0 Å². The number of ketones is 3. The molecule has 1 saturated carbocycles. The molecule has 0 bridgehead atoms. The van der Waals surface area contributed by atoms with Gasteiger partial charge in [-0.05, 0) is 59.5 Å². The standard InChI is InChI=1S/C27H24O6S/c1-17-10-12-27(18(17)2,25(30)11-13-34-19-8-6-5-7-9-19)26(31)16-22(29)20-14-23(32-3)24(33-4)15-21(20)28/h5-9,14-15,28H,1-2,10,12,16H2,3-4H3/t27-/m1/s1. The maximum absolute atomic E-state index is 13.4. The predicted molar refractivity (Wildman–Crippen MR) is 130 cm³/mol. The van der Waals surface area contributed by atoms with Crippen molar-refractivity contribution >= 4 is 29.1 Å². The van der Waals surface area contributed by atoms with Gasteiger partial charge in [-0.15, -0.1) is 0 Å². The quantitative estimate of drug-likeness (QED) is 0.254. The van der Waals surface area contributed by atoms with Crippen LogP contribution in [-0.4, -0.2) is 36.7 Å². The van der Waals surface area contributed by atoms with Crippen LogP contribution in [0.25, 0.3) is 0 Å². The molecule has 2 aromatic carbocycles. The molecule has 1 aliphatic rings. The zero-order valence-electron chi connectivity index (χ0n) is 19.0. The molecule has 0 amide bonds. The highest BCUT2D eigenvalue weighted by Crippen LogP contribution is 2.47. The highest BCUT2D eigenvalue weighted by molar-refractivity contribution is 8.04. The number of aromatic hydroxyl groups is 1. The van der Waals surface area contributed by atoms with Crippen LogP contribution in [-0.2, 0) is 9.59 Å². The van der Waals surface area contributed by atoms with Gasteiger partial charge in [0.05, 0.1) is 26.2 Å². The first kappa shape index (κ1) is 24.9. The van der Waals surface area contributed by atoms with Gasteiger partial charge in [-0.2, -0.15) is 0 Å². The number of phenolic OH excluding ortho intramolecular Hbond substituents is 1. The van der Waals surface area contributed by atoms with E-state index in [1.807, 2.05) is 30.3 Å². The summed E-state index contributed by atoms with van der Waals surface area (Å²) in [6.45, 7) is 7.84. The number of hydrogen-bond acceptors (Lipinski definition) is 7. The third-order valence-corrected chi connectivity index (χ3v) is 6.52. The summed E-state index contributed by atoms with van der Waals surface area (Å²) < 4.78 is 10.3. The lowest BCUT2D eigenvalue weighted by atomic mass is 9.73. The molecule has 1 N–H and O–H groups in total. The number of allylic oxidation sites excluding steroid dienone is 2. The summed E-state index contributed by atoms with van der Waals surface area (Å²) in [5.41, 5.74) is -0.878. The molecule has 34 heavy (non-hydrogen) atoms. The van der Waals surface area contributed by atoms with E-state index >= 15 is 0 Å². The Labute approximate surface area is 202 Å². The lowest BCUT2D eigenvalue weighted by Crippen LogP contribution is -2.38. The largest absolute Gasteiger partial charge is 0.507 e. The Hall–Kier alpha value is -3.76. The van der Waals surface area contributed by atoms with E-state index in [-0.39, 0.29) is 34.8 Å². The summed E-state index contributed by atoms with van der Waals surface area (Å²) in [4.78, 5) is 40.5. The van der Waals surface area contributed by atoms with Crippen molar-refractivity contribution in [3.63, 3.8) is 0 Å². The van der Waals surface area contributed by atoms with E-state index in [1.165, 1.54) is 38.1 Å². The Bertz CT molecular complexity index is 1240. The SMILES string of the molecule is C=C1CC[C@@](C(=O)C#CSc2ccccc2)(C(=O)CC(=O)c2cc(OC)c(OC)cc2O)C1=C. The molecule has 3 rings (SSSR count). The third kappa shape index (κ3) is 4.78. The summed E-state index contributed by atoms with van der Waals surface area (Å²) in [5, 5.41) is 13.0. The maximum Gasteiger partial charge on any atom is 0.224 e. The smallest absolute Gasteiger partial charge is 0.224 e. The zero-order chi connectivity index (χ0) is 24.9. The first-order chi connectivity index (χ1) is 16.2. The van der Waals surface area contributed by atoms with Gasteiger partial charge in [0.25, 0.3) is 0 Å². The number of Topliss-reactive ketones (excluding diaryl/α,β-unsaturated/α-hetero) is 3. The van der Waals surface area contributed by atoms with Crippen molar-refractivity contribution in [2.45, 2.75) is 24.2 Å². The second-order valence-corrected chi connectivity index (χ2v) is 8.59. The van der Waals surface area contributed by atoms with E-state index in [0.29, 0.717) is 12.0 Å². The van der Waals surface area contributed by atoms with E-state index < -0.39 is 29.2 Å². The Morgan fingerprint density at radius 3 is 2.32 bits per heavy atom. The second kappa shape index (κ2) is 10.4. The number of methoxy groups -OCH3 is 2. The van der Waals surface area contributed by atoms with Crippen LogP contribution >= 0.6 is 11.8 Å². The van der Waals surface area contributed by atoms with Crippen LogP contribution in [0.2, 0.25) is 0 Å². The number of carbonyl (C=O) groups is 3. The van der Waals surface area contributed by atoms with Gasteiger partial charge in [-0.25, -0.2) is 0 Å². The van der Waals surface area contributed by atoms with E-state index in [1.54, 1.807) is 0 Å². The number of phenols is 1. The van der Waals surface area contributed by atoms with Crippen molar-refractivity contribution in [2.24, 2.45) is 5.41 Å². The summed E-state index contributed by atoms with van der Waals surface area (Å²) in [6, 6.07) is 11.8. The molecule has 1 atom stereocenters. The molecule has 0 spiro atoms. The van der Waals surface area contributed by atoms with Crippen molar-refractivity contribution in [1.82, 2.24) is 0 Å². The van der Waals surface area contributed by atoms with Crippen molar-refractivity contribution < 1.29 is 29.0 Å². The summed E-state index contributed by atoms with van der Waals surface area (Å²) in [7, 11) is 2.79. The fourth-order valence-corrected chi connectivity index (χ4v) is 4.39. The Morgan fingerprint density at radius 2 is 1.74 bits per heavy atom. The van der Waals surface area contributed by atoms with Crippen LogP contribution in [0, 0.1) is 16.6 Å². The van der Waals surface area contributed by atoms with Crippen LogP contribution in [0.15, 0.2) is 71.7 Å². The fourth-order valence-electron chi connectivity index (χ4n) is 3.84. The second-order valence-electron chi connectivity index (χ2n) is 7.71. The number of ether oxygens (including phenoxy) is 2. The normalized spacial score (nSPS) is 17.0. The summed E-state index contributed by atoms with van der Waals surface area (Å²) in [6.07, 6.45) is -0.0631. The average molecular weight is 477 g/mol. The minimum atomic E-state index is -1.64.